The third-order valence-electron chi connectivity index (χ3n) is 3.87. The second-order valence-electron chi connectivity index (χ2n) is 5.64. The summed E-state index contributed by atoms with van der Waals surface area (Å²) in [4.78, 5) is 2.21. The third kappa shape index (κ3) is 4.98. The molecule has 1 atom stereocenters. The van der Waals surface area contributed by atoms with E-state index in [1.54, 1.807) is 14.2 Å². The Labute approximate surface area is 138 Å². The van der Waals surface area contributed by atoms with Crippen molar-refractivity contribution in [3.63, 3.8) is 0 Å². The van der Waals surface area contributed by atoms with Crippen molar-refractivity contribution in [3.8, 4) is 11.5 Å². The molecule has 23 heavy (non-hydrogen) atoms. The Morgan fingerprint density at radius 2 is 1.70 bits per heavy atom. The van der Waals surface area contributed by atoms with Crippen LogP contribution in [0.25, 0.3) is 0 Å². The second-order valence-corrected chi connectivity index (χ2v) is 5.64. The molecule has 0 amide bonds. The summed E-state index contributed by atoms with van der Waals surface area (Å²) in [6.07, 6.45) is 0.145. The summed E-state index contributed by atoms with van der Waals surface area (Å²) in [6.45, 7) is 1.68. The molecule has 1 N–H and O–H groups in total. The minimum absolute atomic E-state index is 0.520. The molecule has 2 aromatic carbocycles. The lowest BCUT2D eigenvalue weighted by Gasteiger charge is -2.19. The van der Waals surface area contributed by atoms with Crippen molar-refractivity contribution in [2.24, 2.45) is 0 Å². The van der Waals surface area contributed by atoms with Crippen molar-refractivity contribution in [2.45, 2.75) is 19.1 Å². The van der Waals surface area contributed by atoms with E-state index in [4.69, 9.17) is 9.47 Å². The fourth-order valence-corrected chi connectivity index (χ4v) is 2.54. The lowest BCUT2D eigenvalue weighted by atomic mass is 10.1. The fraction of sp³-hybridized carbons (Fsp3) is 0.368. The molecule has 0 aliphatic heterocycles. The van der Waals surface area contributed by atoms with E-state index >= 15 is 0 Å². The van der Waals surface area contributed by atoms with Crippen molar-refractivity contribution in [2.75, 3.05) is 27.8 Å². The van der Waals surface area contributed by atoms with E-state index in [-0.39, 0.29) is 0 Å². The zero-order chi connectivity index (χ0) is 16.7. The normalized spacial score (nSPS) is 12.2. The standard InChI is InChI=1S/C19H25NO3/c1-20(14-15-7-5-4-6-8-15)12-11-17(21)16-9-10-18(22-2)19(13-16)23-3/h4-10,13,17,21H,11-12,14H2,1-3H3. The number of methoxy groups -OCH3 is 2. The predicted octanol–water partition coefficient (Wildman–Crippen LogP) is 3.26. The van der Waals surface area contributed by atoms with Crippen molar-refractivity contribution >= 4 is 0 Å². The number of hydrogen-bond donors (Lipinski definition) is 1. The molecular formula is C19H25NO3. The highest BCUT2D eigenvalue weighted by molar-refractivity contribution is 5.43. The third-order valence-corrected chi connectivity index (χ3v) is 3.87. The molecule has 2 rings (SSSR count). The first-order valence-corrected chi connectivity index (χ1v) is 7.76. The molecule has 0 bridgehead atoms. The summed E-state index contributed by atoms with van der Waals surface area (Å²) >= 11 is 0. The van der Waals surface area contributed by atoms with Gasteiger partial charge in [-0.1, -0.05) is 36.4 Å². The van der Waals surface area contributed by atoms with Gasteiger partial charge < -0.3 is 19.5 Å². The number of ether oxygens (including phenoxy) is 2. The lowest BCUT2D eigenvalue weighted by molar-refractivity contribution is 0.147. The van der Waals surface area contributed by atoms with Crippen LogP contribution in [0.4, 0.5) is 0 Å². The van der Waals surface area contributed by atoms with E-state index in [0.717, 1.165) is 18.7 Å². The second kappa shape index (κ2) is 8.56. The molecule has 1 unspecified atom stereocenters. The van der Waals surface area contributed by atoms with E-state index < -0.39 is 6.10 Å². The highest BCUT2D eigenvalue weighted by Gasteiger charge is 2.12. The molecule has 0 saturated heterocycles. The van der Waals surface area contributed by atoms with Gasteiger partial charge in [-0.25, -0.2) is 0 Å². The molecule has 4 heteroatoms. The molecule has 0 spiro atoms. The van der Waals surface area contributed by atoms with E-state index in [9.17, 15) is 5.11 Å². The smallest absolute Gasteiger partial charge is 0.161 e. The fourth-order valence-electron chi connectivity index (χ4n) is 2.54. The van der Waals surface area contributed by atoms with Crippen LogP contribution >= 0.6 is 0 Å². The molecule has 0 saturated carbocycles. The van der Waals surface area contributed by atoms with Crippen molar-refractivity contribution in [1.29, 1.82) is 0 Å². The van der Waals surface area contributed by atoms with Gasteiger partial charge in [-0.05, 0) is 36.7 Å². The summed E-state index contributed by atoms with van der Waals surface area (Å²) < 4.78 is 10.5. The van der Waals surface area contributed by atoms with Gasteiger partial charge in [-0.3, -0.25) is 0 Å². The van der Waals surface area contributed by atoms with Gasteiger partial charge in [0.05, 0.1) is 20.3 Å². The number of benzene rings is 2. The van der Waals surface area contributed by atoms with Crippen LogP contribution in [0.2, 0.25) is 0 Å². The Morgan fingerprint density at radius 3 is 2.35 bits per heavy atom. The number of nitrogens with zero attached hydrogens (tertiary/aromatic N) is 1. The minimum atomic E-state index is -0.520. The molecule has 2 aromatic rings. The van der Waals surface area contributed by atoms with Crippen LogP contribution in [0.15, 0.2) is 48.5 Å². The molecule has 0 radical (unpaired) electrons. The molecular weight excluding hydrogens is 290 g/mol. The lowest BCUT2D eigenvalue weighted by Crippen LogP contribution is -2.20. The minimum Gasteiger partial charge on any atom is -0.493 e. The Kier molecular flexibility index (Phi) is 6.44. The summed E-state index contributed by atoms with van der Waals surface area (Å²) in [5.41, 5.74) is 2.12. The van der Waals surface area contributed by atoms with Crippen molar-refractivity contribution in [3.05, 3.63) is 59.7 Å². The molecule has 4 nitrogen and oxygen atoms in total. The van der Waals surface area contributed by atoms with Gasteiger partial charge in [0, 0.05) is 13.1 Å². The van der Waals surface area contributed by atoms with Gasteiger partial charge in [-0.15, -0.1) is 0 Å². The van der Waals surface area contributed by atoms with Gasteiger partial charge in [0.2, 0.25) is 0 Å². The summed E-state index contributed by atoms with van der Waals surface area (Å²) in [7, 11) is 5.27. The van der Waals surface area contributed by atoms with E-state index in [1.165, 1.54) is 5.56 Å². The van der Waals surface area contributed by atoms with Gasteiger partial charge in [0.1, 0.15) is 0 Å². The maximum Gasteiger partial charge on any atom is 0.161 e. The highest BCUT2D eigenvalue weighted by atomic mass is 16.5. The molecule has 0 aliphatic rings. The molecule has 124 valence electrons. The van der Waals surface area contributed by atoms with Gasteiger partial charge in [0.15, 0.2) is 11.5 Å². The van der Waals surface area contributed by atoms with Crippen LogP contribution in [-0.2, 0) is 6.54 Å². The van der Waals surface area contributed by atoms with Crippen LogP contribution < -0.4 is 9.47 Å². The van der Waals surface area contributed by atoms with Crippen molar-refractivity contribution in [1.82, 2.24) is 4.90 Å². The van der Waals surface area contributed by atoms with Gasteiger partial charge in [0.25, 0.3) is 0 Å². The average molecular weight is 315 g/mol. The predicted molar refractivity (Wildman–Crippen MR) is 91.9 cm³/mol. The first-order valence-electron chi connectivity index (χ1n) is 7.76. The largest absolute Gasteiger partial charge is 0.493 e. The number of aliphatic hydroxyl groups is 1. The average Bonchev–Trinajstić information content (AvgIpc) is 2.59. The van der Waals surface area contributed by atoms with Crippen LogP contribution in [0.3, 0.4) is 0 Å². The first-order chi connectivity index (χ1) is 11.1. The Hall–Kier alpha value is -2.04. The quantitative estimate of drug-likeness (QED) is 0.812. The van der Waals surface area contributed by atoms with Crippen molar-refractivity contribution < 1.29 is 14.6 Å². The monoisotopic (exact) mass is 315 g/mol. The molecule has 0 heterocycles. The maximum atomic E-state index is 10.4. The van der Waals surface area contributed by atoms with E-state index in [1.807, 2.05) is 36.4 Å². The first kappa shape index (κ1) is 17.3. The van der Waals surface area contributed by atoms with E-state index in [2.05, 4.69) is 24.1 Å². The Bertz CT molecular complexity index is 601. The molecule has 0 fully saturated rings. The maximum absolute atomic E-state index is 10.4. The topological polar surface area (TPSA) is 41.9 Å². The van der Waals surface area contributed by atoms with E-state index in [0.29, 0.717) is 17.9 Å². The summed E-state index contributed by atoms with van der Waals surface area (Å²) in [5, 5.41) is 10.4. The van der Waals surface area contributed by atoms with Crippen LogP contribution in [0, 0.1) is 0 Å². The molecule has 0 aromatic heterocycles. The number of hydrogen-bond acceptors (Lipinski definition) is 4. The van der Waals surface area contributed by atoms with Crippen LogP contribution in [0.5, 0.6) is 11.5 Å². The molecule has 0 aliphatic carbocycles. The van der Waals surface area contributed by atoms with Gasteiger partial charge >= 0.3 is 0 Å². The Morgan fingerprint density at radius 1 is 1.00 bits per heavy atom. The number of aliphatic hydroxyl groups excluding tert-OH is 1. The van der Waals surface area contributed by atoms with Crippen LogP contribution in [-0.4, -0.2) is 37.8 Å². The highest BCUT2D eigenvalue weighted by Crippen LogP contribution is 2.30. The SMILES string of the molecule is COc1ccc(C(O)CCN(C)Cc2ccccc2)cc1OC. The Balaban J connectivity index is 1.90. The zero-order valence-electron chi connectivity index (χ0n) is 14.0. The van der Waals surface area contributed by atoms with Crippen LogP contribution in [0.1, 0.15) is 23.7 Å². The summed E-state index contributed by atoms with van der Waals surface area (Å²) in [5.74, 6) is 1.31. The number of rotatable bonds is 8. The summed E-state index contributed by atoms with van der Waals surface area (Å²) in [6, 6.07) is 15.9. The van der Waals surface area contributed by atoms with Gasteiger partial charge in [-0.2, -0.15) is 0 Å². The zero-order valence-corrected chi connectivity index (χ0v) is 14.0.